The van der Waals surface area contributed by atoms with Crippen LogP contribution in [0.3, 0.4) is 0 Å². The molecule has 3 N–H and O–H groups in total. The lowest BCUT2D eigenvalue weighted by molar-refractivity contribution is 0.0940. The van der Waals surface area contributed by atoms with Crippen LogP contribution in [0.5, 0.6) is 0 Å². The van der Waals surface area contributed by atoms with Gasteiger partial charge in [-0.1, -0.05) is 0 Å². The third-order valence-corrected chi connectivity index (χ3v) is 4.09. The first-order chi connectivity index (χ1) is 9.99. The van der Waals surface area contributed by atoms with Crippen LogP contribution >= 0.6 is 0 Å². The number of hydrogen-bond donors (Lipinski definition) is 2. The van der Waals surface area contributed by atoms with Crippen LogP contribution in [0.25, 0.3) is 0 Å². The van der Waals surface area contributed by atoms with Crippen LogP contribution in [-0.2, 0) is 0 Å². The van der Waals surface area contributed by atoms with E-state index in [4.69, 9.17) is 5.73 Å². The van der Waals surface area contributed by atoms with Gasteiger partial charge in [0.25, 0.3) is 5.91 Å². The predicted octanol–water partition coefficient (Wildman–Crippen LogP) is 1.55. The first kappa shape index (κ1) is 15.6. The Morgan fingerprint density at radius 2 is 2.05 bits per heavy atom. The van der Waals surface area contributed by atoms with Gasteiger partial charge < -0.3 is 16.0 Å². The molecule has 21 heavy (non-hydrogen) atoms. The van der Waals surface area contributed by atoms with Gasteiger partial charge in [-0.3, -0.25) is 9.69 Å². The molecule has 0 radical (unpaired) electrons. The van der Waals surface area contributed by atoms with E-state index in [1.54, 1.807) is 6.07 Å². The van der Waals surface area contributed by atoms with Gasteiger partial charge in [0.2, 0.25) is 0 Å². The molecule has 116 valence electrons. The van der Waals surface area contributed by atoms with Crippen molar-refractivity contribution in [2.75, 3.05) is 44.4 Å². The Hall–Kier alpha value is -1.75. The molecule has 0 saturated carbocycles. The molecule has 0 aliphatic carbocycles. The van der Waals surface area contributed by atoms with Crippen LogP contribution < -0.4 is 16.0 Å². The summed E-state index contributed by atoms with van der Waals surface area (Å²) in [4.78, 5) is 16.6. The number of nitrogens with one attached hydrogen (secondary N) is 1. The molecule has 0 aromatic heterocycles. The number of nitrogen functional groups attached to an aromatic ring is 1. The fraction of sp³-hybridized carbons (Fsp3) is 0.562. The van der Waals surface area contributed by atoms with Crippen molar-refractivity contribution in [2.45, 2.75) is 25.8 Å². The first-order valence-corrected chi connectivity index (χ1v) is 7.58. The number of nitrogens with two attached hydrogens (primary N) is 1. The minimum atomic E-state index is -0.0574. The monoisotopic (exact) mass is 290 g/mol. The summed E-state index contributed by atoms with van der Waals surface area (Å²) >= 11 is 0. The van der Waals surface area contributed by atoms with Crippen LogP contribution in [0.2, 0.25) is 0 Å². The lowest BCUT2D eigenvalue weighted by atomic mass is 10.1. The molecule has 1 aromatic carbocycles. The SMILES string of the molecule is CC(CNC(=O)c1ccc(N(C)C)c(N)c1)N1CCCC1. The van der Waals surface area contributed by atoms with Crippen molar-refractivity contribution in [3.8, 4) is 0 Å². The third kappa shape index (κ3) is 3.88. The highest BCUT2D eigenvalue weighted by atomic mass is 16.1. The Morgan fingerprint density at radius 3 is 2.62 bits per heavy atom. The summed E-state index contributed by atoms with van der Waals surface area (Å²) in [5.74, 6) is -0.0574. The number of rotatable bonds is 5. The highest BCUT2D eigenvalue weighted by Crippen LogP contribution is 2.22. The van der Waals surface area contributed by atoms with E-state index in [-0.39, 0.29) is 5.91 Å². The van der Waals surface area contributed by atoms with Crippen molar-refractivity contribution in [3.63, 3.8) is 0 Å². The second-order valence-corrected chi connectivity index (χ2v) is 5.97. The maximum absolute atomic E-state index is 12.2. The fourth-order valence-corrected chi connectivity index (χ4v) is 2.76. The molecular weight excluding hydrogens is 264 g/mol. The van der Waals surface area contributed by atoms with Gasteiger partial charge in [0, 0.05) is 32.2 Å². The quantitative estimate of drug-likeness (QED) is 0.808. The minimum absolute atomic E-state index is 0.0574. The van der Waals surface area contributed by atoms with Crippen LogP contribution in [0.1, 0.15) is 30.1 Å². The number of amides is 1. The Kier molecular flexibility index (Phi) is 5.07. The van der Waals surface area contributed by atoms with Gasteiger partial charge in [0.15, 0.2) is 0 Å². The highest BCUT2D eigenvalue weighted by Gasteiger charge is 2.18. The predicted molar refractivity (Wildman–Crippen MR) is 87.8 cm³/mol. The zero-order chi connectivity index (χ0) is 15.4. The van der Waals surface area contributed by atoms with E-state index in [0.29, 0.717) is 23.8 Å². The van der Waals surface area contributed by atoms with Crippen molar-refractivity contribution in [1.82, 2.24) is 10.2 Å². The number of benzene rings is 1. The molecule has 1 unspecified atom stereocenters. The number of anilines is 2. The summed E-state index contributed by atoms with van der Waals surface area (Å²) in [5.41, 5.74) is 8.16. The lowest BCUT2D eigenvalue weighted by Crippen LogP contribution is -2.40. The minimum Gasteiger partial charge on any atom is -0.397 e. The van der Waals surface area contributed by atoms with Crippen molar-refractivity contribution in [3.05, 3.63) is 23.8 Å². The zero-order valence-corrected chi connectivity index (χ0v) is 13.2. The van der Waals surface area contributed by atoms with Gasteiger partial charge in [0.1, 0.15) is 0 Å². The lowest BCUT2D eigenvalue weighted by Gasteiger charge is -2.24. The molecule has 1 fully saturated rings. The molecule has 1 saturated heterocycles. The summed E-state index contributed by atoms with van der Waals surface area (Å²) < 4.78 is 0. The van der Waals surface area contributed by atoms with Crippen molar-refractivity contribution in [1.29, 1.82) is 0 Å². The molecule has 1 amide bonds. The molecule has 1 atom stereocenters. The van der Waals surface area contributed by atoms with Gasteiger partial charge >= 0.3 is 0 Å². The summed E-state index contributed by atoms with van der Waals surface area (Å²) in [6, 6.07) is 5.83. The van der Waals surface area contributed by atoms with Gasteiger partial charge in [0.05, 0.1) is 11.4 Å². The van der Waals surface area contributed by atoms with Crippen LogP contribution in [0.15, 0.2) is 18.2 Å². The van der Waals surface area contributed by atoms with Gasteiger partial charge in [-0.15, -0.1) is 0 Å². The van der Waals surface area contributed by atoms with E-state index in [2.05, 4.69) is 17.1 Å². The van der Waals surface area contributed by atoms with E-state index >= 15 is 0 Å². The van der Waals surface area contributed by atoms with Gasteiger partial charge in [-0.2, -0.15) is 0 Å². The summed E-state index contributed by atoms with van der Waals surface area (Å²) in [6.45, 7) is 5.12. The van der Waals surface area contributed by atoms with Crippen LogP contribution in [0, 0.1) is 0 Å². The Labute approximate surface area is 127 Å². The van der Waals surface area contributed by atoms with E-state index < -0.39 is 0 Å². The molecule has 2 rings (SSSR count). The number of nitrogens with zero attached hydrogens (tertiary/aromatic N) is 2. The topological polar surface area (TPSA) is 61.6 Å². The fourth-order valence-electron chi connectivity index (χ4n) is 2.76. The van der Waals surface area contributed by atoms with Crippen molar-refractivity contribution < 1.29 is 4.79 Å². The Morgan fingerprint density at radius 1 is 1.38 bits per heavy atom. The number of likely N-dealkylation sites (tertiary alicyclic amines) is 1. The maximum atomic E-state index is 12.2. The molecule has 0 spiro atoms. The average molecular weight is 290 g/mol. The molecule has 1 aliphatic heterocycles. The summed E-state index contributed by atoms with van der Waals surface area (Å²) in [6.07, 6.45) is 2.53. The van der Waals surface area contributed by atoms with E-state index in [0.717, 1.165) is 18.8 Å². The van der Waals surface area contributed by atoms with Crippen LogP contribution in [-0.4, -0.2) is 50.6 Å². The average Bonchev–Trinajstić information content (AvgIpc) is 2.98. The highest BCUT2D eigenvalue weighted by molar-refractivity contribution is 5.96. The standard InChI is InChI=1S/C16H26N4O/c1-12(20-8-4-5-9-20)11-18-16(21)13-6-7-15(19(2)3)14(17)10-13/h6-7,10,12H,4-5,8-9,11,17H2,1-3H3,(H,18,21). The molecule has 1 aliphatic rings. The molecule has 5 nitrogen and oxygen atoms in total. The zero-order valence-electron chi connectivity index (χ0n) is 13.2. The molecule has 5 heteroatoms. The van der Waals surface area contributed by atoms with Crippen LogP contribution in [0.4, 0.5) is 11.4 Å². The van der Waals surface area contributed by atoms with E-state index in [9.17, 15) is 4.79 Å². The second kappa shape index (κ2) is 6.80. The summed E-state index contributed by atoms with van der Waals surface area (Å²) in [5, 5.41) is 3.00. The Balaban J connectivity index is 1.92. The maximum Gasteiger partial charge on any atom is 0.251 e. The van der Waals surface area contributed by atoms with Crippen molar-refractivity contribution in [2.24, 2.45) is 0 Å². The largest absolute Gasteiger partial charge is 0.397 e. The van der Waals surface area contributed by atoms with Gasteiger partial charge in [-0.05, 0) is 51.1 Å². The summed E-state index contributed by atoms with van der Waals surface area (Å²) in [7, 11) is 3.87. The third-order valence-electron chi connectivity index (χ3n) is 4.09. The molecule has 0 bridgehead atoms. The first-order valence-electron chi connectivity index (χ1n) is 7.58. The van der Waals surface area contributed by atoms with E-state index in [1.165, 1.54) is 12.8 Å². The van der Waals surface area contributed by atoms with Gasteiger partial charge in [-0.25, -0.2) is 0 Å². The number of carbonyl (C=O) groups is 1. The van der Waals surface area contributed by atoms with E-state index in [1.807, 2.05) is 31.1 Å². The number of carbonyl (C=O) groups excluding carboxylic acids is 1. The second-order valence-electron chi connectivity index (χ2n) is 5.97. The molecular formula is C16H26N4O. The number of hydrogen-bond acceptors (Lipinski definition) is 4. The molecule has 1 heterocycles. The normalized spacial score (nSPS) is 16.7. The Bertz CT molecular complexity index is 495. The smallest absolute Gasteiger partial charge is 0.251 e. The molecule has 1 aromatic rings. The van der Waals surface area contributed by atoms with Crippen molar-refractivity contribution >= 4 is 17.3 Å².